The van der Waals surface area contributed by atoms with Crippen molar-refractivity contribution >= 4 is 29.3 Å². The van der Waals surface area contributed by atoms with Gasteiger partial charge in [-0.05, 0) is 30.0 Å². The molecule has 0 spiro atoms. The molecular formula is C18H15ClFN5O2S. The number of aromatic nitrogens is 4. The largest absolute Gasteiger partial charge is 0.483 e. The first-order valence-corrected chi connectivity index (χ1v) is 9.22. The van der Waals surface area contributed by atoms with Gasteiger partial charge in [0, 0.05) is 12.7 Å². The van der Waals surface area contributed by atoms with Gasteiger partial charge in [-0.3, -0.25) is 9.36 Å². The van der Waals surface area contributed by atoms with Crippen molar-refractivity contribution in [3.8, 4) is 5.75 Å². The highest BCUT2D eigenvalue weighted by atomic mass is 35.5. The number of nitrogens with two attached hydrogens (primary N) is 1. The molecule has 0 saturated heterocycles. The molecule has 3 rings (SSSR count). The molecule has 0 bridgehead atoms. The molecule has 0 aliphatic carbocycles. The second kappa shape index (κ2) is 8.85. The third kappa shape index (κ3) is 4.49. The number of hydrogen-bond acceptors (Lipinski definition) is 6. The molecule has 3 aromatic rings. The number of allylic oxidation sites excluding steroid dienone is 1. The number of primary amides is 1. The van der Waals surface area contributed by atoms with Gasteiger partial charge < -0.3 is 10.5 Å². The predicted octanol–water partition coefficient (Wildman–Crippen LogP) is 3.48. The van der Waals surface area contributed by atoms with Crippen molar-refractivity contribution in [1.82, 2.24) is 19.7 Å². The number of carbonyl (C=O) groups is 1. The highest BCUT2D eigenvalue weighted by Crippen LogP contribution is 2.31. The summed E-state index contributed by atoms with van der Waals surface area (Å²) < 4.78 is 21.0. The first-order chi connectivity index (χ1) is 13.5. The molecule has 0 atom stereocenters. The summed E-state index contributed by atoms with van der Waals surface area (Å²) >= 11 is 7.35. The highest BCUT2D eigenvalue weighted by Gasteiger charge is 2.17. The summed E-state index contributed by atoms with van der Waals surface area (Å²) in [5.41, 5.74) is 5.43. The first kappa shape index (κ1) is 19.8. The van der Waals surface area contributed by atoms with Gasteiger partial charge in [-0.2, -0.15) is 0 Å². The van der Waals surface area contributed by atoms with Gasteiger partial charge in [0.15, 0.2) is 22.5 Å². The van der Waals surface area contributed by atoms with Crippen molar-refractivity contribution in [1.29, 1.82) is 0 Å². The second-order valence-corrected chi connectivity index (χ2v) is 6.86. The van der Waals surface area contributed by atoms with Gasteiger partial charge >= 0.3 is 0 Å². The molecule has 0 aliphatic heterocycles. The van der Waals surface area contributed by atoms with Crippen LogP contribution in [0.25, 0.3) is 0 Å². The van der Waals surface area contributed by atoms with Gasteiger partial charge in [-0.1, -0.05) is 29.8 Å². The fraction of sp³-hybridized carbons (Fsp3) is 0.111. The Morgan fingerprint density at radius 2 is 2.18 bits per heavy atom. The van der Waals surface area contributed by atoms with Crippen LogP contribution in [0.5, 0.6) is 5.75 Å². The highest BCUT2D eigenvalue weighted by molar-refractivity contribution is 7.99. The van der Waals surface area contributed by atoms with Crippen LogP contribution in [0.1, 0.15) is 16.2 Å². The summed E-state index contributed by atoms with van der Waals surface area (Å²) in [6.45, 7) is 4.15. The summed E-state index contributed by atoms with van der Waals surface area (Å²) in [7, 11) is 0. The van der Waals surface area contributed by atoms with Crippen molar-refractivity contribution in [2.75, 3.05) is 0 Å². The zero-order valence-corrected chi connectivity index (χ0v) is 16.1. The second-order valence-electron chi connectivity index (χ2n) is 5.49. The number of ether oxygens (including phenoxy) is 1. The van der Waals surface area contributed by atoms with Crippen LogP contribution in [0.2, 0.25) is 5.02 Å². The fourth-order valence-electron chi connectivity index (χ4n) is 2.24. The van der Waals surface area contributed by atoms with E-state index in [1.807, 2.05) is 0 Å². The third-order valence-corrected chi connectivity index (χ3v) is 4.98. The van der Waals surface area contributed by atoms with Crippen molar-refractivity contribution in [3.63, 3.8) is 0 Å². The molecule has 144 valence electrons. The molecule has 1 aromatic carbocycles. The lowest BCUT2D eigenvalue weighted by molar-refractivity contribution is 0.1000. The lowest BCUT2D eigenvalue weighted by Gasteiger charge is -2.10. The molecule has 10 heteroatoms. The molecule has 1 amide bonds. The summed E-state index contributed by atoms with van der Waals surface area (Å²) in [5.74, 6) is -0.474. The maximum atomic E-state index is 13.7. The van der Waals surface area contributed by atoms with Gasteiger partial charge in [-0.15, -0.1) is 16.8 Å². The Labute approximate surface area is 169 Å². The van der Waals surface area contributed by atoms with Crippen molar-refractivity contribution < 1.29 is 13.9 Å². The van der Waals surface area contributed by atoms with Crippen LogP contribution < -0.4 is 10.5 Å². The van der Waals surface area contributed by atoms with E-state index in [-0.39, 0.29) is 22.9 Å². The van der Waals surface area contributed by atoms with Crippen LogP contribution in [-0.2, 0) is 13.2 Å². The van der Waals surface area contributed by atoms with E-state index >= 15 is 0 Å². The normalized spacial score (nSPS) is 10.6. The number of rotatable bonds is 8. The van der Waals surface area contributed by atoms with Gasteiger partial charge in [0.1, 0.15) is 11.6 Å². The number of hydrogen-bond donors (Lipinski definition) is 1. The van der Waals surface area contributed by atoms with E-state index in [1.165, 1.54) is 24.4 Å². The average Bonchev–Trinajstić information content (AvgIpc) is 3.04. The van der Waals surface area contributed by atoms with Crippen LogP contribution in [0.3, 0.4) is 0 Å². The Kier molecular flexibility index (Phi) is 6.27. The Morgan fingerprint density at radius 3 is 2.86 bits per heavy atom. The Morgan fingerprint density at radius 1 is 1.39 bits per heavy atom. The molecule has 7 nitrogen and oxygen atoms in total. The van der Waals surface area contributed by atoms with E-state index in [1.54, 1.807) is 22.8 Å². The lowest BCUT2D eigenvalue weighted by atomic mass is 10.3. The maximum absolute atomic E-state index is 13.7. The van der Waals surface area contributed by atoms with E-state index < -0.39 is 11.7 Å². The zero-order chi connectivity index (χ0) is 20.1. The minimum absolute atomic E-state index is 0.0180. The molecule has 28 heavy (non-hydrogen) atoms. The number of halogens is 2. The molecule has 0 saturated carbocycles. The molecule has 0 unspecified atom stereocenters. The molecule has 2 aromatic heterocycles. The smallest absolute Gasteiger partial charge is 0.250 e. The summed E-state index contributed by atoms with van der Waals surface area (Å²) in [5, 5.41) is 9.42. The van der Waals surface area contributed by atoms with Gasteiger partial charge in [0.05, 0.1) is 10.6 Å². The topological polar surface area (TPSA) is 95.9 Å². The monoisotopic (exact) mass is 419 g/mol. The quantitative estimate of drug-likeness (QED) is 0.561. The fourth-order valence-corrected chi connectivity index (χ4v) is 3.33. The van der Waals surface area contributed by atoms with Crippen LogP contribution in [-0.4, -0.2) is 25.7 Å². The average molecular weight is 420 g/mol. The van der Waals surface area contributed by atoms with Crippen LogP contribution in [0.15, 0.2) is 59.4 Å². The van der Waals surface area contributed by atoms with Gasteiger partial charge in [0.25, 0.3) is 0 Å². The van der Waals surface area contributed by atoms with Crippen LogP contribution in [0.4, 0.5) is 4.39 Å². The first-order valence-electron chi connectivity index (χ1n) is 8.03. The molecule has 2 heterocycles. The van der Waals surface area contributed by atoms with Crippen molar-refractivity contribution in [2.45, 2.75) is 23.3 Å². The van der Waals surface area contributed by atoms with E-state index in [9.17, 15) is 9.18 Å². The number of para-hydroxylation sites is 1. The van der Waals surface area contributed by atoms with Gasteiger partial charge in [0.2, 0.25) is 5.91 Å². The van der Waals surface area contributed by atoms with E-state index in [0.29, 0.717) is 22.6 Å². The summed E-state index contributed by atoms with van der Waals surface area (Å²) in [6, 6.07) is 7.54. The number of carbonyl (C=O) groups excluding carboxylic acids is 1. The number of amides is 1. The SMILES string of the molecule is C=CCn1c(COc2ccccc2F)nnc1Sc1ncc(C(N)=O)cc1Cl. The number of nitrogens with zero attached hydrogens (tertiary/aromatic N) is 4. The molecule has 0 radical (unpaired) electrons. The maximum Gasteiger partial charge on any atom is 0.250 e. The molecule has 0 fully saturated rings. The van der Waals surface area contributed by atoms with E-state index in [4.69, 9.17) is 22.1 Å². The molecular weight excluding hydrogens is 405 g/mol. The number of pyridine rings is 1. The number of benzene rings is 1. The van der Waals surface area contributed by atoms with Crippen LogP contribution >= 0.6 is 23.4 Å². The molecule has 2 N–H and O–H groups in total. The Hall–Kier alpha value is -2.91. The van der Waals surface area contributed by atoms with Crippen LogP contribution in [0, 0.1) is 5.82 Å². The van der Waals surface area contributed by atoms with Crippen molar-refractivity contribution in [2.24, 2.45) is 5.73 Å². The molecule has 0 aliphatic rings. The zero-order valence-electron chi connectivity index (χ0n) is 14.5. The van der Waals surface area contributed by atoms with Gasteiger partial charge in [-0.25, -0.2) is 9.37 Å². The van der Waals surface area contributed by atoms with E-state index in [0.717, 1.165) is 11.8 Å². The lowest BCUT2D eigenvalue weighted by Crippen LogP contribution is -2.11. The van der Waals surface area contributed by atoms with E-state index in [2.05, 4.69) is 21.8 Å². The minimum Gasteiger partial charge on any atom is -0.483 e. The van der Waals surface area contributed by atoms with Crippen molar-refractivity contribution in [3.05, 3.63) is 71.4 Å². The predicted molar refractivity (Wildman–Crippen MR) is 103 cm³/mol. The minimum atomic E-state index is -0.617. The third-order valence-electron chi connectivity index (χ3n) is 3.58. The summed E-state index contributed by atoms with van der Waals surface area (Å²) in [4.78, 5) is 15.4. The Balaban J connectivity index is 1.81. The Bertz CT molecular complexity index is 1030. The standard InChI is InChI=1S/C18H15ClFN5O2S/c1-2-7-25-15(10-27-14-6-4-3-5-13(14)20)23-24-18(25)28-17-12(19)8-11(9-22-17)16(21)26/h2-6,8-9H,1,7,10H2,(H2,21,26). The summed E-state index contributed by atoms with van der Waals surface area (Å²) in [6.07, 6.45) is 3.01.